The second kappa shape index (κ2) is 10.4. The summed E-state index contributed by atoms with van der Waals surface area (Å²) in [5.41, 5.74) is 3.31. The van der Waals surface area contributed by atoms with Gasteiger partial charge in [0.05, 0.1) is 18.4 Å². The molecule has 1 amide bonds. The maximum Gasteiger partial charge on any atom is 0.313 e. The highest BCUT2D eigenvalue weighted by atomic mass is 16.5. The molecule has 2 fully saturated rings. The van der Waals surface area contributed by atoms with E-state index < -0.39 is 5.41 Å². The lowest BCUT2D eigenvalue weighted by molar-refractivity contribution is -0.146. The molecule has 6 nitrogen and oxygen atoms in total. The van der Waals surface area contributed by atoms with Crippen LogP contribution in [0.4, 0.5) is 5.69 Å². The average Bonchev–Trinajstić information content (AvgIpc) is 3.29. The highest BCUT2D eigenvalue weighted by Gasteiger charge is 2.55. The van der Waals surface area contributed by atoms with Crippen LogP contribution in [0.15, 0.2) is 60.7 Å². The summed E-state index contributed by atoms with van der Waals surface area (Å²) in [7, 11) is 2.05. The second-order valence-electron chi connectivity index (χ2n) is 9.53. The van der Waals surface area contributed by atoms with E-state index >= 15 is 0 Å². The number of benzene rings is 2. The first-order chi connectivity index (χ1) is 16.4. The van der Waals surface area contributed by atoms with Crippen molar-refractivity contribution in [3.8, 4) is 5.75 Å². The summed E-state index contributed by atoms with van der Waals surface area (Å²) in [5.74, 6) is 0.764. The Hall–Kier alpha value is -3.12. The van der Waals surface area contributed by atoms with E-state index in [9.17, 15) is 9.59 Å². The van der Waals surface area contributed by atoms with Gasteiger partial charge in [0.15, 0.2) is 0 Å². The van der Waals surface area contributed by atoms with Gasteiger partial charge in [-0.15, -0.1) is 0 Å². The van der Waals surface area contributed by atoms with E-state index in [0.29, 0.717) is 26.1 Å². The van der Waals surface area contributed by atoms with Crippen molar-refractivity contribution in [2.45, 2.75) is 32.6 Å². The fourth-order valence-corrected chi connectivity index (χ4v) is 4.97. The van der Waals surface area contributed by atoms with E-state index in [-0.39, 0.29) is 24.2 Å². The van der Waals surface area contributed by atoms with Crippen LogP contribution in [-0.4, -0.2) is 50.1 Å². The van der Waals surface area contributed by atoms with Crippen molar-refractivity contribution < 1.29 is 19.1 Å². The van der Waals surface area contributed by atoms with Gasteiger partial charge in [0.1, 0.15) is 12.4 Å². The smallest absolute Gasteiger partial charge is 0.313 e. The van der Waals surface area contributed by atoms with Crippen molar-refractivity contribution >= 4 is 17.6 Å². The molecule has 1 aliphatic heterocycles. The van der Waals surface area contributed by atoms with Gasteiger partial charge < -0.3 is 19.7 Å². The summed E-state index contributed by atoms with van der Waals surface area (Å²) in [6.07, 6.45) is 2.44. The summed E-state index contributed by atoms with van der Waals surface area (Å²) < 4.78 is 11.3. The summed E-state index contributed by atoms with van der Waals surface area (Å²) in [4.78, 5) is 27.4. The van der Waals surface area contributed by atoms with Gasteiger partial charge in [0.2, 0.25) is 5.91 Å². The standard InChI is InChI=1S/C28H34N2O4/c1-4-30(3)13-14-33-25-8-6-5-7-22(25)16-26(31)29-24-11-9-21(10-12-24)18-28-17-20(2)15-23(28)19-34-27(28)32/h5-12,23H,2,4,13-19H2,1,3H3,(H,29,31). The van der Waals surface area contributed by atoms with Crippen LogP contribution in [0.3, 0.4) is 0 Å². The number of para-hydroxylation sites is 1. The molecule has 0 aromatic heterocycles. The lowest BCUT2D eigenvalue weighted by atomic mass is 9.75. The van der Waals surface area contributed by atoms with Crippen LogP contribution >= 0.6 is 0 Å². The van der Waals surface area contributed by atoms with Crippen LogP contribution in [-0.2, 0) is 27.2 Å². The molecule has 2 unspecified atom stereocenters. The molecule has 2 atom stereocenters. The summed E-state index contributed by atoms with van der Waals surface area (Å²) >= 11 is 0. The molecule has 0 bridgehead atoms. The zero-order chi connectivity index (χ0) is 24.1. The molecule has 4 rings (SSSR count). The number of likely N-dealkylation sites (N-methyl/N-ethyl adjacent to an activating group) is 1. The molecule has 1 saturated heterocycles. The fourth-order valence-electron chi connectivity index (χ4n) is 4.97. The second-order valence-corrected chi connectivity index (χ2v) is 9.53. The number of carbonyl (C=O) groups is 2. The minimum Gasteiger partial charge on any atom is -0.492 e. The SMILES string of the molecule is C=C1CC2COC(=O)C2(Cc2ccc(NC(=O)Cc3ccccc3OCCN(C)CC)cc2)C1. The van der Waals surface area contributed by atoms with Crippen molar-refractivity contribution in [2.24, 2.45) is 11.3 Å². The maximum atomic E-state index is 12.7. The van der Waals surface area contributed by atoms with Crippen LogP contribution in [0.25, 0.3) is 0 Å². The Bertz CT molecular complexity index is 1050. The van der Waals surface area contributed by atoms with E-state index in [2.05, 4.69) is 30.8 Å². The van der Waals surface area contributed by atoms with Gasteiger partial charge in [-0.2, -0.15) is 0 Å². The topological polar surface area (TPSA) is 67.9 Å². The molecule has 1 N–H and O–H groups in total. The Labute approximate surface area is 201 Å². The van der Waals surface area contributed by atoms with Gasteiger partial charge in [-0.05, 0) is 56.6 Å². The number of esters is 1. The Kier molecular flexibility index (Phi) is 7.37. The zero-order valence-corrected chi connectivity index (χ0v) is 20.1. The summed E-state index contributed by atoms with van der Waals surface area (Å²) in [6, 6.07) is 15.4. The maximum absolute atomic E-state index is 12.7. The number of ether oxygens (including phenoxy) is 2. The molecule has 1 aliphatic carbocycles. The van der Waals surface area contributed by atoms with Crippen LogP contribution in [0, 0.1) is 11.3 Å². The minimum atomic E-state index is -0.475. The minimum absolute atomic E-state index is 0.0976. The first-order valence-corrected chi connectivity index (χ1v) is 12.0. The Balaban J connectivity index is 1.34. The lowest BCUT2D eigenvalue weighted by Crippen LogP contribution is -2.31. The van der Waals surface area contributed by atoms with Crippen molar-refractivity contribution in [2.75, 3.05) is 38.7 Å². The number of rotatable bonds is 10. The van der Waals surface area contributed by atoms with Crippen LogP contribution in [0.2, 0.25) is 0 Å². The third-order valence-corrected chi connectivity index (χ3v) is 7.06. The van der Waals surface area contributed by atoms with Crippen molar-refractivity contribution in [1.29, 1.82) is 0 Å². The van der Waals surface area contributed by atoms with Crippen molar-refractivity contribution in [3.63, 3.8) is 0 Å². The molecule has 2 aliphatic rings. The van der Waals surface area contributed by atoms with E-state index in [1.54, 1.807) is 0 Å². The molecular weight excluding hydrogens is 428 g/mol. The Morgan fingerprint density at radius 2 is 2.00 bits per heavy atom. The number of nitrogens with one attached hydrogen (secondary N) is 1. The van der Waals surface area contributed by atoms with Gasteiger partial charge in [0.25, 0.3) is 0 Å². The molecule has 0 radical (unpaired) electrons. The fraction of sp³-hybridized carbons (Fsp3) is 0.429. The molecule has 0 spiro atoms. The van der Waals surface area contributed by atoms with Gasteiger partial charge in [-0.3, -0.25) is 9.59 Å². The van der Waals surface area contributed by atoms with Crippen molar-refractivity contribution in [1.82, 2.24) is 4.90 Å². The number of cyclic esters (lactones) is 1. The number of amides is 1. The summed E-state index contributed by atoms with van der Waals surface area (Å²) in [6.45, 7) is 9.08. The number of carbonyl (C=O) groups excluding carboxylic acids is 2. The first kappa shape index (κ1) is 24.0. The highest BCUT2D eigenvalue weighted by Crippen LogP contribution is 2.52. The molecule has 180 valence electrons. The lowest BCUT2D eigenvalue weighted by Gasteiger charge is -2.24. The van der Waals surface area contributed by atoms with Crippen molar-refractivity contribution in [3.05, 3.63) is 71.8 Å². The number of allylic oxidation sites excluding steroid dienone is 1. The predicted molar refractivity (Wildman–Crippen MR) is 133 cm³/mol. The van der Waals surface area contributed by atoms with Gasteiger partial charge >= 0.3 is 5.97 Å². The zero-order valence-electron chi connectivity index (χ0n) is 20.1. The number of anilines is 1. The number of hydrogen-bond acceptors (Lipinski definition) is 5. The highest BCUT2D eigenvalue weighted by molar-refractivity contribution is 5.92. The third kappa shape index (κ3) is 5.33. The first-order valence-electron chi connectivity index (χ1n) is 12.0. The van der Waals surface area contributed by atoms with Gasteiger partial charge in [0, 0.05) is 23.7 Å². The third-order valence-electron chi connectivity index (χ3n) is 7.06. The van der Waals surface area contributed by atoms with Gasteiger partial charge in [-0.25, -0.2) is 0 Å². The van der Waals surface area contributed by atoms with Crippen LogP contribution < -0.4 is 10.1 Å². The molecule has 2 aromatic rings. The van der Waals surface area contributed by atoms with E-state index in [4.69, 9.17) is 9.47 Å². The molecule has 1 heterocycles. The van der Waals surface area contributed by atoms with Gasteiger partial charge in [-0.1, -0.05) is 49.4 Å². The normalized spacial score (nSPS) is 21.4. The molecular formula is C28H34N2O4. The Morgan fingerprint density at radius 3 is 2.76 bits per heavy atom. The van der Waals surface area contributed by atoms with E-state index in [0.717, 1.165) is 47.6 Å². The predicted octanol–water partition coefficient (Wildman–Crippen LogP) is 4.25. The molecule has 34 heavy (non-hydrogen) atoms. The number of nitrogens with zero attached hydrogens (tertiary/aromatic N) is 1. The number of hydrogen-bond donors (Lipinski definition) is 1. The molecule has 2 aromatic carbocycles. The largest absolute Gasteiger partial charge is 0.492 e. The van der Waals surface area contributed by atoms with Crippen LogP contribution in [0.1, 0.15) is 30.9 Å². The quantitative estimate of drug-likeness (QED) is 0.422. The summed E-state index contributed by atoms with van der Waals surface area (Å²) in [5, 5.41) is 2.97. The van der Waals surface area contributed by atoms with E-state index in [1.807, 2.05) is 48.5 Å². The van der Waals surface area contributed by atoms with Crippen LogP contribution in [0.5, 0.6) is 5.75 Å². The average molecular weight is 463 g/mol. The molecule has 1 saturated carbocycles. The molecule has 6 heteroatoms. The Morgan fingerprint density at radius 1 is 1.24 bits per heavy atom. The van der Waals surface area contributed by atoms with E-state index in [1.165, 1.54) is 0 Å². The monoisotopic (exact) mass is 462 g/mol. The number of fused-ring (bicyclic) bond motifs is 1.